The number of ketones is 2. The fourth-order valence-corrected chi connectivity index (χ4v) is 3.13. The number of hydrogen-bond donors (Lipinski definition) is 0. The van der Waals surface area contributed by atoms with E-state index in [1.165, 1.54) is 0 Å². The van der Waals surface area contributed by atoms with E-state index < -0.39 is 0 Å². The summed E-state index contributed by atoms with van der Waals surface area (Å²) < 4.78 is 0. The van der Waals surface area contributed by atoms with Gasteiger partial charge >= 0.3 is 0 Å². The van der Waals surface area contributed by atoms with Crippen molar-refractivity contribution in [3.05, 3.63) is 83.4 Å². The Morgan fingerprint density at radius 3 is 2.26 bits per heavy atom. The van der Waals surface area contributed by atoms with E-state index in [-0.39, 0.29) is 17.5 Å². The summed E-state index contributed by atoms with van der Waals surface area (Å²) in [7, 11) is 0. The number of hydrogen-bond acceptors (Lipinski definition) is 2. The van der Waals surface area contributed by atoms with E-state index in [4.69, 9.17) is 0 Å². The summed E-state index contributed by atoms with van der Waals surface area (Å²) in [6.07, 6.45) is 4.79. The molecule has 2 heteroatoms. The van der Waals surface area contributed by atoms with Crippen LogP contribution >= 0.6 is 0 Å². The zero-order chi connectivity index (χ0) is 16.1. The van der Waals surface area contributed by atoms with E-state index in [0.717, 1.165) is 24.0 Å². The topological polar surface area (TPSA) is 34.1 Å². The van der Waals surface area contributed by atoms with Gasteiger partial charge in [0.1, 0.15) is 0 Å². The first-order valence-electron chi connectivity index (χ1n) is 8.12. The van der Waals surface area contributed by atoms with Gasteiger partial charge in [-0.3, -0.25) is 9.59 Å². The van der Waals surface area contributed by atoms with Crippen LogP contribution in [0, 0.1) is 0 Å². The predicted octanol–water partition coefficient (Wildman–Crippen LogP) is 4.72. The molecule has 0 bridgehead atoms. The van der Waals surface area contributed by atoms with Gasteiger partial charge < -0.3 is 0 Å². The molecule has 0 saturated carbocycles. The van der Waals surface area contributed by atoms with Gasteiger partial charge in [0, 0.05) is 24.3 Å². The molecule has 0 aliphatic heterocycles. The van der Waals surface area contributed by atoms with Crippen molar-refractivity contribution in [3.63, 3.8) is 0 Å². The Kier molecular flexibility index (Phi) is 4.82. The van der Waals surface area contributed by atoms with E-state index in [0.29, 0.717) is 18.4 Å². The van der Waals surface area contributed by atoms with Crippen molar-refractivity contribution in [2.24, 2.45) is 0 Å². The van der Waals surface area contributed by atoms with Gasteiger partial charge in [0.05, 0.1) is 0 Å². The SMILES string of the molecule is O=C1CCCC=C1C(CC(=O)c1ccccc1)c1ccccc1. The Balaban J connectivity index is 1.91. The molecule has 0 heterocycles. The maximum atomic E-state index is 12.6. The Labute approximate surface area is 136 Å². The van der Waals surface area contributed by atoms with Gasteiger partial charge in [-0.05, 0) is 24.0 Å². The Morgan fingerprint density at radius 1 is 0.957 bits per heavy atom. The third kappa shape index (κ3) is 3.65. The Hall–Kier alpha value is -2.48. The summed E-state index contributed by atoms with van der Waals surface area (Å²) in [5.41, 5.74) is 2.56. The summed E-state index contributed by atoms with van der Waals surface area (Å²) in [5, 5.41) is 0. The highest BCUT2D eigenvalue weighted by atomic mass is 16.1. The molecule has 2 aromatic carbocycles. The molecule has 0 amide bonds. The lowest BCUT2D eigenvalue weighted by Crippen LogP contribution is -2.18. The first-order valence-corrected chi connectivity index (χ1v) is 8.12. The van der Waals surface area contributed by atoms with E-state index >= 15 is 0 Å². The molecule has 2 nitrogen and oxygen atoms in total. The van der Waals surface area contributed by atoms with Crippen molar-refractivity contribution in [2.75, 3.05) is 0 Å². The molecular formula is C21H20O2. The van der Waals surface area contributed by atoms with Crippen molar-refractivity contribution >= 4 is 11.6 Å². The van der Waals surface area contributed by atoms with Gasteiger partial charge in [-0.2, -0.15) is 0 Å². The molecule has 0 saturated heterocycles. The zero-order valence-electron chi connectivity index (χ0n) is 13.1. The molecule has 3 rings (SSSR count). The smallest absolute Gasteiger partial charge is 0.163 e. The standard InChI is InChI=1S/C21H20O2/c22-20-14-8-7-13-18(20)19(16-9-3-1-4-10-16)15-21(23)17-11-5-2-6-12-17/h1-6,9-13,19H,7-8,14-15H2. The Bertz CT molecular complexity index is 714. The van der Waals surface area contributed by atoms with Crippen LogP contribution in [0.2, 0.25) is 0 Å². The average molecular weight is 304 g/mol. The number of carbonyl (C=O) groups is 2. The lowest BCUT2D eigenvalue weighted by Gasteiger charge is -2.22. The van der Waals surface area contributed by atoms with Crippen molar-refractivity contribution in [1.82, 2.24) is 0 Å². The van der Waals surface area contributed by atoms with E-state index in [1.807, 2.05) is 66.7 Å². The quantitative estimate of drug-likeness (QED) is 0.749. The Morgan fingerprint density at radius 2 is 1.61 bits per heavy atom. The fraction of sp³-hybridized carbons (Fsp3) is 0.238. The zero-order valence-corrected chi connectivity index (χ0v) is 13.1. The van der Waals surface area contributed by atoms with E-state index in [2.05, 4.69) is 0 Å². The summed E-state index contributed by atoms with van der Waals surface area (Å²) in [6.45, 7) is 0. The first-order chi connectivity index (χ1) is 11.3. The van der Waals surface area contributed by atoms with Gasteiger partial charge in [0.25, 0.3) is 0 Å². The monoisotopic (exact) mass is 304 g/mol. The van der Waals surface area contributed by atoms with Gasteiger partial charge in [-0.15, -0.1) is 0 Å². The molecule has 23 heavy (non-hydrogen) atoms. The summed E-state index contributed by atoms with van der Waals surface area (Å²) >= 11 is 0. The van der Waals surface area contributed by atoms with Crippen LogP contribution in [0.1, 0.15) is 47.5 Å². The number of Topliss-reactive ketones (excluding diaryl/α,β-unsaturated/α-hetero) is 2. The highest BCUT2D eigenvalue weighted by molar-refractivity contribution is 6.01. The van der Waals surface area contributed by atoms with Crippen LogP contribution < -0.4 is 0 Å². The van der Waals surface area contributed by atoms with Crippen LogP contribution in [0.25, 0.3) is 0 Å². The van der Waals surface area contributed by atoms with Crippen molar-refractivity contribution in [3.8, 4) is 0 Å². The van der Waals surface area contributed by atoms with E-state index in [9.17, 15) is 9.59 Å². The number of rotatable bonds is 5. The molecule has 0 spiro atoms. The highest BCUT2D eigenvalue weighted by Gasteiger charge is 2.26. The predicted molar refractivity (Wildman–Crippen MR) is 91.5 cm³/mol. The minimum Gasteiger partial charge on any atom is -0.295 e. The molecule has 0 fully saturated rings. The molecular weight excluding hydrogens is 284 g/mol. The van der Waals surface area contributed by atoms with Crippen LogP contribution in [0.4, 0.5) is 0 Å². The van der Waals surface area contributed by atoms with Gasteiger partial charge in [-0.1, -0.05) is 66.7 Å². The molecule has 1 aliphatic carbocycles. The summed E-state index contributed by atoms with van der Waals surface area (Å²) in [6, 6.07) is 19.2. The molecule has 116 valence electrons. The summed E-state index contributed by atoms with van der Waals surface area (Å²) in [5.74, 6) is 0.126. The van der Waals surface area contributed by atoms with Crippen LogP contribution in [0.15, 0.2) is 72.3 Å². The molecule has 0 radical (unpaired) electrons. The first kappa shape index (κ1) is 15.4. The molecule has 1 aliphatic rings. The van der Waals surface area contributed by atoms with Crippen molar-refractivity contribution in [2.45, 2.75) is 31.6 Å². The number of carbonyl (C=O) groups excluding carboxylic acids is 2. The number of allylic oxidation sites excluding steroid dienone is 2. The largest absolute Gasteiger partial charge is 0.295 e. The van der Waals surface area contributed by atoms with E-state index in [1.54, 1.807) is 0 Å². The van der Waals surface area contributed by atoms with Gasteiger partial charge in [0.2, 0.25) is 0 Å². The lowest BCUT2D eigenvalue weighted by atomic mass is 9.80. The molecule has 1 unspecified atom stereocenters. The second kappa shape index (κ2) is 7.19. The van der Waals surface area contributed by atoms with Gasteiger partial charge in [0.15, 0.2) is 11.6 Å². The molecule has 0 N–H and O–H groups in total. The van der Waals surface area contributed by atoms with Crippen LogP contribution in [-0.4, -0.2) is 11.6 Å². The second-order valence-corrected chi connectivity index (χ2v) is 5.93. The highest BCUT2D eigenvalue weighted by Crippen LogP contribution is 2.33. The third-order valence-electron chi connectivity index (χ3n) is 4.36. The minimum absolute atomic E-state index is 0.0822. The third-order valence-corrected chi connectivity index (χ3v) is 4.36. The number of benzene rings is 2. The van der Waals surface area contributed by atoms with Gasteiger partial charge in [-0.25, -0.2) is 0 Å². The fourth-order valence-electron chi connectivity index (χ4n) is 3.13. The van der Waals surface area contributed by atoms with Crippen molar-refractivity contribution in [1.29, 1.82) is 0 Å². The summed E-state index contributed by atoms with van der Waals surface area (Å²) in [4.78, 5) is 25.0. The lowest BCUT2D eigenvalue weighted by molar-refractivity contribution is -0.116. The van der Waals surface area contributed by atoms with Crippen molar-refractivity contribution < 1.29 is 9.59 Å². The maximum Gasteiger partial charge on any atom is 0.163 e. The molecule has 1 atom stereocenters. The van der Waals surface area contributed by atoms with Crippen LogP contribution in [-0.2, 0) is 4.79 Å². The minimum atomic E-state index is -0.142. The second-order valence-electron chi connectivity index (χ2n) is 5.93. The van der Waals surface area contributed by atoms with Crippen LogP contribution in [0.3, 0.4) is 0 Å². The normalized spacial score (nSPS) is 15.8. The van der Waals surface area contributed by atoms with Crippen LogP contribution in [0.5, 0.6) is 0 Å². The molecule has 0 aromatic heterocycles. The molecule has 2 aromatic rings. The maximum absolute atomic E-state index is 12.6. The average Bonchev–Trinajstić information content (AvgIpc) is 2.62.